The van der Waals surface area contributed by atoms with E-state index in [2.05, 4.69) is 0 Å². The molecule has 19 heavy (non-hydrogen) atoms. The average Bonchev–Trinajstić information content (AvgIpc) is 2.34. The normalized spacial score (nSPS) is 24.1. The third-order valence-corrected chi connectivity index (χ3v) is 3.82. The zero-order valence-corrected chi connectivity index (χ0v) is 12.8. The third kappa shape index (κ3) is 5.81. The Morgan fingerprint density at radius 2 is 1.84 bits per heavy atom. The molecule has 0 aromatic heterocycles. The summed E-state index contributed by atoms with van der Waals surface area (Å²) in [5.74, 6) is 0.718. The molecule has 0 aromatic carbocycles. The number of hydrogen-bond acceptors (Lipinski definition) is 3. The van der Waals surface area contributed by atoms with Crippen molar-refractivity contribution in [1.29, 1.82) is 0 Å². The third-order valence-electron chi connectivity index (χ3n) is 3.82. The number of aliphatic hydroxyl groups excluding tert-OH is 1. The first kappa shape index (κ1) is 16.3. The minimum atomic E-state index is -0.427. The van der Waals surface area contributed by atoms with Crippen LogP contribution in [0.15, 0.2) is 0 Å². The molecule has 112 valence electrons. The van der Waals surface area contributed by atoms with Gasteiger partial charge in [0.05, 0.1) is 0 Å². The predicted molar refractivity (Wildman–Crippen MR) is 76.1 cm³/mol. The Morgan fingerprint density at radius 1 is 1.26 bits per heavy atom. The van der Waals surface area contributed by atoms with E-state index >= 15 is 0 Å². The largest absolute Gasteiger partial charge is 0.444 e. The highest BCUT2D eigenvalue weighted by Gasteiger charge is 2.28. The molecule has 0 radical (unpaired) electrons. The van der Waals surface area contributed by atoms with Crippen molar-refractivity contribution in [2.45, 2.75) is 70.9 Å². The van der Waals surface area contributed by atoms with Crippen molar-refractivity contribution in [3.63, 3.8) is 0 Å². The fourth-order valence-corrected chi connectivity index (χ4v) is 2.68. The van der Waals surface area contributed by atoms with Crippen LogP contribution in [0.2, 0.25) is 0 Å². The number of ether oxygens (including phenoxy) is 1. The highest BCUT2D eigenvalue weighted by molar-refractivity contribution is 5.68. The summed E-state index contributed by atoms with van der Waals surface area (Å²) in [6.07, 6.45) is 6.19. The van der Waals surface area contributed by atoms with Crippen LogP contribution in [0.1, 0.15) is 59.3 Å². The van der Waals surface area contributed by atoms with Gasteiger partial charge in [-0.15, -0.1) is 0 Å². The predicted octanol–water partition coefficient (Wildman–Crippen LogP) is 3.18. The van der Waals surface area contributed by atoms with Crippen LogP contribution >= 0.6 is 0 Å². The lowest BCUT2D eigenvalue weighted by Crippen LogP contribution is -2.42. The van der Waals surface area contributed by atoms with Crippen molar-refractivity contribution in [1.82, 2.24) is 4.90 Å². The smallest absolute Gasteiger partial charge is 0.410 e. The Hall–Kier alpha value is -0.770. The lowest BCUT2D eigenvalue weighted by atomic mass is 9.83. The van der Waals surface area contributed by atoms with Crippen molar-refractivity contribution in [2.75, 3.05) is 13.7 Å². The lowest BCUT2D eigenvalue weighted by Gasteiger charge is -2.35. The van der Waals surface area contributed by atoms with Gasteiger partial charge in [0.1, 0.15) is 5.60 Å². The molecule has 0 unspecified atom stereocenters. The molecule has 0 aromatic rings. The van der Waals surface area contributed by atoms with E-state index in [4.69, 9.17) is 9.84 Å². The Balaban J connectivity index is 2.36. The molecule has 0 aliphatic heterocycles. The average molecular weight is 271 g/mol. The molecule has 0 atom stereocenters. The molecule has 0 bridgehead atoms. The monoisotopic (exact) mass is 271 g/mol. The summed E-state index contributed by atoms with van der Waals surface area (Å²) in [6, 6.07) is 0.306. The van der Waals surface area contributed by atoms with Gasteiger partial charge >= 0.3 is 6.09 Å². The van der Waals surface area contributed by atoms with Gasteiger partial charge in [-0.3, -0.25) is 0 Å². The second kappa shape index (κ2) is 7.13. The molecular formula is C15H29NO3. The maximum atomic E-state index is 12.0. The first-order chi connectivity index (χ1) is 8.83. The number of rotatable bonds is 4. The SMILES string of the molecule is CN(C(=O)OC(C)(C)C)C1CCC(CCCO)CC1. The molecule has 1 fully saturated rings. The van der Waals surface area contributed by atoms with Crippen molar-refractivity contribution in [3.8, 4) is 0 Å². The second-order valence-corrected chi connectivity index (χ2v) is 6.63. The van der Waals surface area contributed by atoms with Gasteiger partial charge in [-0.05, 0) is 65.2 Å². The molecule has 0 spiro atoms. The summed E-state index contributed by atoms with van der Waals surface area (Å²) in [5, 5.41) is 8.85. The molecular weight excluding hydrogens is 242 g/mol. The van der Waals surface area contributed by atoms with Gasteiger partial charge < -0.3 is 14.7 Å². The first-order valence-electron chi connectivity index (χ1n) is 7.40. The van der Waals surface area contributed by atoms with Crippen LogP contribution in [0.25, 0.3) is 0 Å². The summed E-state index contributed by atoms with van der Waals surface area (Å²) >= 11 is 0. The molecule has 1 saturated carbocycles. The van der Waals surface area contributed by atoms with Gasteiger partial charge in [0.25, 0.3) is 0 Å². The van der Waals surface area contributed by atoms with Gasteiger partial charge in [0, 0.05) is 19.7 Å². The summed E-state index contributed by atoms with van der Waals surface area (Å²) in [5.41, 5.74) is -0.427. The van der Waals surface area contributed by atoms with E-state index in [-0.39, 0.29) is 12.7 Å². The standard InChI is InChI=1S/C15H29NO3/c1-15(2,3)19-14(18)16(4)13-9-7-12(8-10-13)6-5-11-17/h12-13,17H,5-11H2,1-4H3. The molecule has 4 heteroatoms. The van der Waals surface area contributed by atoms with Crippen LogP contribution in [0, 0.1) is 5.92 Å². The number of carbonyl (C=O) groups is 1. The van der Waals surface area contributed by atoms with Crippen molar-refractivity contribution in [3.05, 3.63) is 0 Å². The maximum Gasteiger partial charge on any atom is 0.410 e. The first-order valence-corrected chi connectivity index (χ1v) is 7.40. The quantitative estimate of drug-likeness (QED) is 0.854. The van der Waals surface area contributed by atoms with Gasteiger partial charge in [-0.2, -0.15) is 0 Å². The summed E-state index contributed by atoms with van der Waals surface area (Å²) in [7, 11) is 1.84. The molecule has 0 saturated heterocycles. The molecule has 1 amide bonds. The number of amides is 1. The van der Waals surface area contributed by atoms with Crippen molar-refractivity contribution < 1.29 is 14.6 Å². The molecule has 1 aliphatic carbocycles. The van der Waals surface area contributed by atoms with Gasteiger partial charge in [0.15, 0.2) is 0 Å². The number of aliphatic hydroxyl groups is 1. The number of carbonyl (C=O) groups excluding carboxylic acids is 1. The van der Waals surface area contributed by atoms with Gasteiger partial charge in [-0.1, -0.05) is 0 Å². The zero-order valence-electron chi connectivity index (χ0n) is 12.8. The fourth-order valence-electron chi connectivity index (χ4n) is 2.68. The van der Waals surface area contributed by atoms with Crippen molar-refractivity contribution >= 4 is 6.09 Å². The lowest BCUT2D eigenvalue weighted by molar-refractivity contribution is 0.0170. The highest BCUT2D eigenvalue weighted by atomic mass is 16.6. The molecule has 1 N–H and O–H groups in total. The van der Waals surface area contributed by atoms with Crippen LogP contribution in [0.3, 0.4) is 0 Å². The van der Waals surface area contributed by atoms with Gasteiger partial charge in [-0.25, -0.2) is 4.79 Å². The van der Waals surface area contributed by atoms with Crippen LogP contribution in [0.4, 0.5) is 4.79 Å². The van der Waals surface area contributed by atoms with E-state index in [0.29, 0.717) is 6.04 Å². The summed E-state index contributed by atoms with van der Waals surface area (Å²) in [4.78, 5) is 13.7. The fraction of sp³-hybridized carbons (Fsp3) is 0.933. The van der Waals surface area contributed by atoms with Crippen LogP contribution in [-0.4, -0.2) is 41.4 Å². The van der Waals surface area contributed by atoms with Crippen molar-refractivity contribution in [2.24, 2.45) is 5.92 Å². The van der Waals surface area contributed by atoms with Gasteiger partial charge in [0.2, 0.25) is 0 Å². The summed E-state index contributed by atoms with van der Waals surface area (Å²) in [6.45, 7) is 5.97. The Morgan fingerprint density at radius 3 is 2.32 bits per heavy atom. The Labute approximate surface area is 117 Å². The molecule has 0 heterocycles. The Bertz CT molecular complexity index is 278. The molecule has 1 rings (SSSR count). The number of hydrogen-bond donors (Lipinski definition) is 1. The second-order valence-electron chi connectivity index (χ2n) is 6.63. The minimum Gasteiger partial charge on any atom is -0.444 e. The van der Waals surface area contributed by atoms with E-state index in [0.717, 1.165) is 44.4 Å². The summed E-state index contributed by atoms with van der Waals surface area (Å²) < 4.78 is 5.40. The van der Waals surface area contributed by atoms with E-state index in [1.165, 1.54) is 0 Å². The Kier molecular flexibility index (Phi) is 6.11. The number of nitrogens with zero attached hydrogens (tertiary/aromatic N) is 1. The minimum absolute atomic E-state index is 0.216. The zero-order chi connectivity index (χ0) is 14.5. The van der Waals surface area contributed by atoms with Crippen LogP contribution in [0.5, 0.6) is 0 Å². The van der Waals surface area contributed by atoms with Crippen LogP contribution < -0.4 is 0 Å². The van der Waals surface area contributed by atoms with Crippen LogP contribution in [-0.2, 0) is 4.74 Å². The van der Waals surface area contributed by atoms with E-state index in [9.17, 15) is 4.79 Å². The van der Waals surface area contributed by atoms with E-state index in [1.54, 1.807) is 4.90 Å². The van der Waals surface area contributed by atoms with E-state index in [1.807, 2.05) is 27.8 Å². The molecule has 4 nitrogen and oxygen atoms in total. The molecule has 1 aliphatic rings. The van der Waals surface area contributed by atoms with E-state index < -0.39 is 5.60 Å². The topological polar surface area (TPSA) is 49.8 Å². The maximum absolute atomic E-state index is 12.0. The highest BCUT2D eigenvalue weighted by Crippen LogP contribution is 2.30.